The van der Waals surface area contributed by atoms with Crippen molar-refractivity contribution in [3.8, 4) is 0 Å². The molecule has 0 amide bonds. The molecular formula is C14H15N3O2. The summed E-state index contributed by atoms with van der Waals surface area (Å²) in [6.45, 7) is 1.50. The number of nitrogens with zero attached hydrogens (tertiary/aromatic N) is 2. The minimum atomic E-state index is 0.0981. The van der Waals surface area contributed by atoms with Gasteiger partial charge in [0.2, 0.25) is 5.89 Å². The monoisotopic (exact) mass is 257 g/mol. The van der Waals surface area contributed by atoms with Crippen molar-refractivity contribution in [2.24, 2.45) is 0 Å². The highest BCUT2D eigenvalue weighted by Crippen LogP contribution is 2.34. The molecule has 1 saturated heterocycles. The minimum absolute atomic E-state index is 0.0981. The molecule has 0 radical (unpaired) electrons. The number of fused-ring (bicyclic) bond motifs is 1. The van der Waals surface area contributed by atoms with Crippen LogP contribution in [0, 0.1) is 0 Å². The van der Waals surface area contributed by atoms with Gasteiger partial charge in [-0.2, -0.15) is 4.98 Å². The largest absolute Gasteiger partial charge is 0.381 e. The van der Waals surface area contributed by atoms with Crippen molar-refractivity contribution in [1.82, 2.24) is 10.1 Å². The number of anilines is 1. The van der Waals surface area contributed by atoms with Gasteiger partial charge in [-0.15, -0.1) is 0 Å². The summed E-state index contributed by atoms with van der Waals surface area (Å²) >= 11 is 0. The van der Waals surface area contributed by atoms with Gasteiger partial charge in [-0.25, -0.2) is 0 Å². The van der Waals surface area contributed by atoms with Crippen LogP contribution in [0.5, 0.6) is 0 Å². The fourth-order valence-corrected chi connectivity index (χ4v) is 2.74. The molecule has 5 nitrogen and oxygen atoms in total. The Kier molecular flexibility index (Phi) is 2.51. The lowest BCUT2D eigenvalue weighted by Gasteiger charge is -2.04. The third kappa shape index (κ3) is 1.90. The molecule has 2 atom stereocenters. The molecule has 2 aromatic rings. The first-order valence-electron chi connectivity index (χ1n) is 6.66. The first-order valence-corrected chi connectivity index (χ1v) is 6.66. The average Bonchev–Trinajstić information content (AvgIpc) is 3.17. The summed E-state index contributed by atoms with van der Waals surface area (Å²) in [4.78, 5) is 4.54. The summed E-state index contributed by atoms with van der Waals surface area (Å²) in [5.41, 5.74) is 2.47. The Hall–Kier alpha value is -1.88. The SMILES string of the molecule is c1ccc2c(c1)C[C@@H](c1nc(C3CCOC3)no1)N2. The molecule has 1 unspecified atom stereocenters. The second-order valence-electron chi connectivity index (χ2n) is 5.11. The molecule has 4 rings (SSSR count). The number of aromatic nitrogens is 2. The second-order valence-corrected chi connectivity index (χ2v) is 5.11. The molecule has 5 heteroatoms. The standard InChI is InChI=1S/C14H15N3O2/c1-2-4-11-9(3-1)7-12(15-11)14-16-13(17-19-14)10-5-6-18-8-10/h1-4,10,12,15H,5-8H2/t10?,12-/m0/s1. The Morgan fingerprint density at radius 2 is 2.21 bits per heavy atom. The van der Waals surface area contributed by atoms with E-state index in [1.165, 1.54) is 5.56 Å². The van der Waals surface area contributed by atoms with E-state index in [1.54, 1.807) is 0 Å². The predicted octanol–water partition coefficient (Wildman–Crippen LogP) is 2.28. The van der Waals surface area contributed by atoms with Crippen molar-refractivity contribution in [3.63, 3.8) is 0 Å². The molecule has 98 valence electrons. The topological polar surface area (TPSA) is 60.2 Å². The number of hydrogen-bond donors (Lipinski definition) is 1. The van der Waals surface area contributed by atoms with Gasteiger partial charge in [-0.3, -0.25) is 0 Å². The van der Waals surface area contributed by atoms with Crippen molar-refractivity contribution < 1.29 is 9.26 Å². The Morgan fingerprint density at radius 3 is 3.05 bits per heavy atom. The summed E-state index contributed by atoms with van der Waals surface area (Å²) in [5.74, 6) is 1.75. The number of hydrogen-bond acceptors (Lipinski definition) is 5. The van der Waals surface area contributed by atoms with Gasteiger partial charge in [0.25, 0.3) is 0 Å². The molecule has 3 heterocycles. The van der Waals surface area contributed by atoms with Gasteiger partial charge in [-0.1, -0.05) is 23.4 Å². The third-order valence-corrected chi connectivity index (χ3v) is 3.82. The smallest absolute Gasteiger partial charge is 0.249 e. The van der Waals surface area contributed by atoms with E-state index in [0.717, 1.165) is 31.0 Å². The quantitative estimate of drug-likeness (QED) is 0.894. The molecule has 1 N–H and O–H groups in total. The molecular weight excluding hydrogens is 242 g/mol. The lowest BCUT2D eigenvalue weighted by Crippen LogP contribution is -2.07. The van der Waals surface area contributed by atoms with Crippen molar-refractivity contribution >= 4 is 5.69 Å². The highest BCUT2D eigenvalue weighted by Gasteiger charge is 2.29. The number of nitrogens with one attached hydrogen (secondary N) is 1. The van der Waals surface area contributed by atoms with E-state index in [9.17, 15) is 0 Å². The fourth-order valence-electron chi connectivity index (χ4n) is 2.74. The van der Waals surface area contributed by atoms with Gasteiger partial charge in [0.1, 0.15) is 6.04 Å². The summed E-state index contributed by atoms with van der Waals surface area (Å²) in [6, 6.07) is 8.39. The van der Waals surface area contributed by atoms with E-state index in [0.29, 0.717) is 18.4 Å². The van der Waals surface area contributed by atoms with Crippen LogP contribution in [-0.2, 0) is 11.2 Å². The maximum absolute atomic E-state index is 5.41. The molecule has 19 heavy (non-hydrogen) atoms. The Morgan fingerprint density at radius 1 is 1.26 bits per heavy atom. The zero-order valence-corrected chi connectivity index (χ0v) is 10.5. The molecule has 2 aliphatic rings. The van der Waals surface area contributed by atoms with Crippen molar-refractivity contribution in [1.29, 1.82) is 0 Å². The summed E-state index contributed by atoms with van der Waals surface area (Å²) in [5, 5.41) is 7.53. The van der Waals surface area contributed by atoms with Gasteiger partial charge in [-0.05, 0) is 18.1 Å². The third-order valence-electron chi connectivity index (χ3n) is 3.82. The van der Waals surface area contributed by atoms with Crippen LogP contribution in [0.15, 0.2) is 28.8 Å². The molecule has 0 spiro atoms. The van der Waals surface area contributed by atoms with E-state index >= 15 is 0 Å². The zero-order chi connectivity index (χ0) is 12.7. The number of rotatable bonds is 2. The van der Waals surface area contributed by atoms with E-state index in [1.807, 2.05) is 6.07 Å². The molecule has 2 aliphatic heterocycles. The van der Waals surface area contributed by atoms with Gasteiger partial charge in [0, 0.05) is 24.6 Å². The number of benzene rings is 1. The number of ether oxygens (including phenoxy) is 1. The molecule has 0 bridgehead atoms. The van der Waals surface area contributed by atoms with Gasteiger partial charge in [0.05, 0.1) is 6.61 Å². The van der Waals surface area contributed by atoms with Crippen molar-refractivity contribution in [3.05, 3.63) is 41.5 Å². The lowest BCUT2D eigenvalue weighted by molar-refractivity contribution is 0.192. The zero-order valence-electron chi connectivity index (χ0n) is 10.5. The Labute approximate surface area is 111 Å². The Balaban J connectivity index is 1.55. The molecule has 1 aromatic heterocycles. The van der Waals surface area contributed by atoms with E-state index < -0.39 is 0 Å². The molecule has 0 aliphatic carbocycles. The maximum atomic E-state index is 5.41. The molecule has 0 saturated carbocycles. The molecule has 1 fully saturated rings. The van der Waals surface area contributed by atoms with Gasteiger partial charge < -0.3 is 14.6 Å². The van der Waals surface area contributed by atoms with Crippen LogP contribution in [0.25, 0.3) is 0 Å². The highest BCUT2D eigenvalue weighted by molar-refractivity contribution is 5.56. The summed E-state index contributed by atoms with van der Waals surface area (Å²) < 4.78 is 10.8. The van der Waals surface area contributed by atoms with Crippen LogP contribution in [0.3, 0.4) is 0 Å². The molecule has 1 aromatic carbocycles. The highest BCUT2D eigenvalue weighted by atomic mass is 16.5. The van der Waals surface area contributed by atoms with E-state index in [-0.39, 0.29) is 6.04 Å². The van der Waals surface area contributed by atoms with E-state index in [4.69, 9.17) is 9.26 Å². The van der Waals surface area contributed by atoms with Crippen LogP contribution in [0.1, 0.15) is 35.7 Å². The van der Waals surface area contributed by atoms with Crippen LogP contribution in [-0.4, -0.2) is 23.4 Å². The van der Waals surface area contributed by atoms with Crippen LogP contribution < -0.4 is 5.32 Å². The van der Waals surface area contributed by atoms with Crippen molar-refractivity contribution in [2.75, 3.05) is 18.5 Å². The average molecular weight is 257 g/mol. The van der Waals surface area contributed by atoms with Gasteiger partial charge in [0.15, 0.2) is 5.82 Å². The Bertz CT molecular complexity index is 565. The predicted molar refractivity (Wildman–Crippen MR) is 69.0 cm³/mol. The lowest BCUT2D eigenvalue weighted by atomic mass is 10.1. The summed E-state index contributed by atoms with van der Waals surface area (Å²) in [6.07, 6.45) is 1.89. The normalized spacial score (nSPS) is 25.3. The maximum Gasteiger partial charge on any atom is 0.249 e. The van der Waals surface area contributed by atoms with Crippen LogP contribution in [0.4, 0.5) is 5.69 Å². The summed E-state index contributed by atoms with van der Waals surface area (Å²) in [7, 11) is 0. The van der Waals surface area contributed by atoms with Gasteiger partial charge >= 0.3 is 0 Å². The minimum Gasteiger partial charge on any atom is -0.381 e. The van der Waals surface area contributed by atoms with Crippen LogP contribution in [0.2, 0.25) is 0 Å². The van der Waals surface area contributed by atoms with Crippen molar-refractivity contribution in [2.45, 2.75) is 24.8 Å². The first kappa shape index (κ1) is 11.0. The van der Waals surface area contributed by atoms with E-state index in [2.05, 4.69) is 33.7 Å². The second kappa shape index (κ2) is 4.35. The first-order chi connectivity index (χ1) is 9.40. The number of para-hydroxylation sites is 1. The van der Waals surface area contributed by atoms with Crippen LogP contribution >= 0.6 is 0 Å². The fraction of sp³-hybridized carbons (Fsp3) is 0.429.